The third-order valence-corrected chi connectivity index (χ3v) is 2.06. The van der Waals surface area contributed by atoms with Gasteiger partial charge in [0.1, 0.15) is 5.78 Å². The predicted molar refractivity (Wildman–Crippen MR) is 50.1 cm³/mol. The maximum absolute atomic E-state index is 11.3. The largest absolute Gasteiger partial charge is 0.312 e. The van der Waals surface area contributed by atoms with Gasteiger partial charge in [-0.3, -0.25) is 4.79 Å². The summed E-state index contributed by atoms with van der Waals surface area (Å²) in [7, 11) is 0. The topological polar surface area (TPSA) is 29.1 Å². The van der Waals surface area contributed by atoms with Crippen LogP contribution in [0.15, 0.2) is 0 Å². The molecule has 2 nitrogen and oxygen atoms in total. The first-order valence-corrected chi connectivity index (χ1v) is 4.77. The fourth-order valence-corrected chi connectivity index (χ4v) is 1.17. The Morgan fingerprint density at radius 2 is 2.00 bits per heavy atom. The minimum atomic E-state index is 0.143. The molecular formula is C10H19NO. The summed E-state index contributed by atoms with van der Waals surface area (Å²) in [6, 6.07) is 0. The van der Waals surface area contributed by atoms with Crippen LogP contribution < -0.4 is 5.32 Å². The van der Waals surface area contributed by atoms with Crippen LogP contribution in [0, 0.1) is 5.92 Å². The highest BCUT2D eigenvalue weighted by Crippen LogP contribution is 2.30. The van der Waals surface area contributed by atoms with Gasteiger partial charge in [0, 0.05) is 24.4 Å². The minimum absolute atomic E-state index is 0.143. The van der Waals surface area contributed by atoms with Crippen LogP contribution in [0.2, 0.25) is 0 Å². The van der Waals surface area contributed by atoms with Gasteiger partial charge in [-0.05, 0) is 33.6 Å². The van der Waals surface area contributed by atoms with Gasteiger partial charge < -0.3 is 5.32 Å². The smallest absolute Gasteiger partial charge is 0.137 e. The Morgan fingerprint density at radius 1 is 1.42 bits per heavy atom. The fourth-order valence-electron chi connectivity index (χ4n) is 1.17. The van der Waals surface area contributed by atoms with Gasteiger partial charge >= 0.3 is 0 Å². The predicted octanol–water partition coefficient (Wildman–Crippen LogP) is 1.74. The van der Waals surface area contributed by atoms with E-state index in [1.807, 2.05) is 0 Å². The summed E-state index contributed by atoms with van der Waals surface area (Å²) in [5.41, 5.74) is 0.143. The second kappa shape index (κ2) is 3.56. The van der Waals surface area contributed by atoms with Crippen molar-refractivity contribution in [1.29, 1.82) is 0 Å². The molecule has 1 N–H and O–H groups in total. The van der Waals surface area contributed by atoms with Gasteiger partial charge in [-0.1, -0.05) is 0 Å². The van der Waals surface area contributed by atoms with Crippen LogP contribution >= 0.6 is 0 Å². The molecule has 0 amide bonds. The zero-order valence-electron chi connectivity index (χ0n) is 8.31. The lowest BCUT2D eigenvalue weighted by Crippen LogP contribution is -2.37. The highest BCUT2D eigenvalue weighted by molar-refractivity contribution is 5.83. The lowest BCUT2D eigenvalue weighted by molar-refractivity contribution is -0.120. The van der Waals surface area contributed by atoms with Crippen LogP contribution in [0.1, 0.15) is 40.0 Å². The van der Waals surface area contributed by atoms with Gasteiger partial charge in [-0.25, -0.2) is 0 Å². The molecule has 0 saturated heterocycles. The molecule has 1 aliphatic rings. The van der Waals surface area contributed by atoms with Crippen LogP contribution in [0.3, 0.4) is 0 Å². The van der Waals surface area contributed by atoms with Gasteiger partial charge in [0.2, 0.25) is 0 Å². The van der Waals surface area contributed by atoms with Gasteiger partial charge in [0.15, 0.2) is 0 Å². The quantitative estimate of drug-likeness (QED) is 0.694. The summed E-state index contributed by atoms with van der Waals surface area (Å²) >= 11 is 0. The number of ketones is 1. The van der Waals surface area contributed by atoms with Crippen LogP contribution in [-0.2, 0) is 4.79 Å². The Hall–Kier alpha value is -0.370. The molecule has 1 saturated carbocycles. The van der Waals surface area contributed by atoms with Crippen LogP contribution in [0.25, 0.3) is 0 Å². The van der Waals surface area contributed by atoms with Crippen LogP contribution in [0.4, 0.5) is 0 Å². The normalized spacial score (nSPS) is 17.9. The summed E-state index contributed by atoms with van der Waals surface area (Å²) in [6.07, 6.45) is 2.98. The minimum Gasteiger partial charge on any atom is -0.312 e. The van der Waals surface area contributed by atoms with Crippen molar-refractivity contribution >= 4 is 5.78 Å². The van der Waals surface area contributed by atoms with E-state index < -0.39 is 0 Å². The third kappa shape index (κ3) is 3.86. The van der Waals surface area contributed by atoms with E-state index in [4.69, 9.17) is 0 Å². The molecule has 0 aromatic heterocycles. The summed E-state index contributed by atoms with van der Waals surface area (Å²) in [5.74, 6) is 0.874. The second-order valence-corrected chi connectivity index (χ2v) is 4.67. The molecule has 0 spiro atoms. The van der Waals surface area contributed by atoms with Gasteiger partial charge in [0.05, 0.1) is 0 Å². The van der Waals surface area contributed by atoms with E-state index in [2.05, 4.69) is 26.1 Å². The van der Waals surface area contributed by atoms with Crippen molar-refractivity contribution in [2.24, 2.45) is 5.92 Å². The van der Waals surface area contributed by atoms with Crippen molar-refractivity contribution in [1.82, 2.24) is 5.32 Å². The molecule has 0 aromatic carbocycles. The van der Waals surface area contributed by atoms with Gasteiger partial charge in [-0.2, -0.15) is 0 Å². The summed E-state index contributed by atoms with van der Waals surface area (Å²) in [6.45, 7) is 7.19. The molecular weight excluding hydrogens is 150 g/mol. The maximum atomic E-state index is 11.3. The number of carbonyl (C=O) groups is 1. The van der Waals surface area contributed by atoms with Crippen molar-refractivity contribution in [2.45, 2.75) is 45.6 Å². The number of carbonyl (C=O) groups excluding carboxylic acids is 1. The van der Waals surface area contributed by atoms with Crippen molar-refractivity contribution in [3.63, 3.8) is 0 Å². The van der Waals surface area contributed by atoms with E-state index in [0.717, 1.165) is 19.4 Å². The number of hydrogen-bond donors (Lipinski definition) is 1. The first-order chi connectivity index (χ1) is 5.49. The zero-order chi connectivity index (χ0) is 9.19. The molecule has 0 bridgehead atoms. The van der Waals surface area contributed by atoms with Crippen LogP contribution in [0.5, 0.6) is 0 Å². The average Bonchev–Trinajstić information content (AvgIpc) is 2.64. The number of nitrogens with one attached hydrogen (secondary N) is 1. The Balaban J connectivity index is 2.05. The summed E-state index contributed by atoms with van der Waals surface area (Å²) in [5, 5.41) is 3.31. The summed E-state index contributed by atoms with van der Waals surface area (Å²) in [4.78, 5) is 11.3. The van der Waals surface area contributed by atoms with E-state index in [-0.39, 0.29) is 5.54 Å². The Kier molecular flexibility index (Phi) is 2.89. The van der Waals surface area contributed by atoms with E-state index in [1.165, 1.54) is 0 Å². The number of hydrogen-bond acceptors (Lipinski definition) is 2. The van der Waals surface area contributed by atoms with Crippen LogP contribution in [-0.4, -0.2) is 17.9 Å². The molecule has 1 rings (SSSR count). The molecule has 0 aliphatic heterocycles. The molecule has 0 heterocycles. The third-order valence-electron chi connectivity index (χ3n) is 2.06. The molecule has 12 heavy (non-hydrogen) atoms. The highest BCUT2D eigenvalue weighted by Gasteiger charge is 2.28. The van der Waals surface area contributed by atoms with Crippen molar-refractivity contribution < 1.29 is 4.79 Å². The Labute approximate surface area is 74.7 Å². The Bertz CT molecular complexity index is 165. The van der Waals surface area contributed by atoms with Crippen molar-refractivity contribution in [3.05, 3.63) is 0 Å². The molecule has 0 aromatic rings. The van der Waals surface area contributed by atoms with E-state index >= 15 is 0 Å². The monoisotopic (exact) mass is 169 g/mol. The van der Waals surface area contributed by atoms with E-state index in [0.29, 0.717) is 18.1 Å². The highest BCUT2D eigenvalue weighted by atomic mass is 16.1. The zero-order valence-corrected chi connectivity index (χ0v) is 8.31. The molecule has 1 fully saturated rings. The SMILES string of the molecule is CC(C)(C)NCCC(=O)C1CC1. The lowest BCUT2D eigenvalue weighted by Gasteiger charge is -2.19. The molecule has 0 radical (unpaired) electrons. The Morgan fingerprint density at radius 3 is 2.42 bits per heavy atom. The first kappa shape index (κ1) is 9.72. The molecule has 2 heteroatoms. The molecule has 0 unspecified atom stereocenters. The fraction of sp³-hybridized carbons (Fsp3) is 0.900. The maximum Gasteiger partial charge on any atom is 0.137 e. The first-order valence-electron chi connectivity index (χ1n) is 4.77. The molecule has 0 atom stereocenters. The number of Topliss-reactive ketones (excluding diaryl/α,β-unsaturated/α-hetero) is 1. The van der Waals surface area contributed by atoms with Gasteiger partial charge in [-0.15, -0.1) is 0 Å². The standard InChI is InChI=1S/C10H19NO/c1-10(2,3)11-7-6-9(12)8-4-5-8/h8,11H,4-7H2,1-3H3. The van der Waals surface area contributed by atoms with Crippen molar-refractivity contribution in [3.8, 4) is 0 Å². The van der Waals surface area contributed by atoms with Gasteiger partial charge in [0.25, 0.3) is 0 Å². The average molecular weight is 169 g/mol. The lowest BCUT2D eigenvalue weighted by atomic mass is 10.1. The van der Waals surface area contributed by atoms with E-state index in [9.17, 15) is 4.79 Å². The second-order valence-electron chi connectivity index (χ2n) is 4.67. The number of rotatable bonds is 4. The molecule has 70 valence electrons. The van der Waals surface area contributed by atoms with E-state index in [1.54, 1.807) is 0 Å². The summed E-state index contributed by atoms with van der Waals surface area (Å²) < 4.78 is 0. The van der Waals surface area contributed by atoms with Crippen molar-refractivity contribution in [2.75, 3.05) is 6.54 Å². The molecule has 1 aliphatic carbocycles.